The van der Waals surface area contributed by atoms with Crippen LogP contribution < -0.4 is 5.32 Å². The van der Waals surface area contributed by atoms with Crippen molar-refractivity contribution in [2.24, 2.45) is 46.3 Å². The maximum atomic E-state index is 12.6. The summed E-state index contributed by atoms with van der Waals surface area (Å²) < 4.78 is 27.7. The number of hydrogen-bond acceptors (Lipinski definition) is 6. The van der Waals surface area contributed by atoms with Crippen molar-refractivity contribution < 1.29 is 28.5 Å². The second-order valence-corrected chi connectivity index (χ2v) is 15.9. The summed E-state index contributed by atoms with van der Waals surface area (Å²) in [6.45, 7) is 19.8. The molecule has 3 unspecified atom stereocenters. The highest BCUT2D eigenvalue weighted by atomic mass is 16.6. The van der Waals surface area contributed by atoms with E-state index >= 15 is 0 Å². The number of nitrogens with one attached hydrogen (secondary N) is 1. The summed E-state index contributed by atoms with van der Waals surface area (Å²) in [7, 11) is 0. The molecule has 0 saturated heterocycles. The predicted octanol–water partition coefficient (Wildman–Crippen LogP) is 8.60. The van der Waals surface area contributed by atoms with Gasteiger partial charge in [-0.25, -0.2) is 4.79 Å². The van der Waals surface area contributed by atoms with Crippen LogP contribution >= 0.6 is 0 Å². The quantitative estimate of drug-likeness (QED) is 0.105. The molecule has 266 valence electrons. The summed E-state index contributed by atoms with van der Waals surface area (Å²) >= 11 is 0. The number of amides is 1. The van der Waals surface area contributed by atoms with Crippen molar-refractivity contribution in [3.8, 4) is 0 Å². The first-order valence-electron chi connectivity index (χ1n) is 19.1. The molecule has 46 heavy (non-hydrogen) atoms. The Hall–Kier alpha value is -1.15. The Morgan fingerprint density at radius 1 is 0.848 bits per heavy atom. The molecule has 0 bridgehead atoms. The Balaban J connectivity index is 1.12. The Bertz CT molecular complexity index is 939. The van der Waals surface area contributed by atoms with Gasteiger partial charge in [0.15, 0.2) is 0 Å². The third-order valence-electron chi connectivity index (χ3n) is 12.6. The molecule has 0 aromatic carbocycles. The van der Waals surface area contributed by atoms with Crippen LogP contribution in [0, 0.1) is 46.3 Å². The normalized spacial score (nSPS) is 32.8. The molecule has 0 heterocycles. The van der Waals surface area contributed by atoms with Gasteiger partial charge in [0.25, 0.3) is 0 Å². The zero-order valence-electron chi connectivity index (χ0n) is 30.4. The average Bonchev–Trinajstić information content (AvgIpc) is 3.38. The summed E-state index contributed by atoms with van der Waals surface area (Å²) in [6, 6.07) is 0. The number of alkyl carbamates (subject to hydrolysis) is 1. The molecule has 0 aromatic rings. The molecule has 0 spiro atoms. The molecule has 0 aliphatic heterocycles. The van der Waals surface area contributed by atoms with Crippen molar-refractivity contribution in [1.82, 2.24) is 5.32 Å². The maximum Gasteiger partial charge on any atom is 0.407 e. The van der Waals surface area contributed by atoms with Gasteiger partial charge in [0.05, 0.1) is 39.6 Å². The third-order valence-corrected chi connectivity index (χ3v) is 12.6. The molecular formula is C39H69NO6. The molecule has 7 heteroatoms. The van der Waals surface area contributed by atoms with E-state index < -0.39 is 0 Å². The number of carbonyl (C=O) groups excluding carboxylic acids is 1. The van der Waals surface area contributed by atoms with Crippen LogP contribution in [0.2, 0.25) is 0 Å². The summed E-state index contributed by atoms with van der Waals surface area (Å²) in [6.07, 6.45) is 17.2. The van der Waals surface area contributed by atoms with Gasteiger partial charge in [0.2, 0.25) is 0 Å². The van der Waals surface area contributed by atoms with Gasteiger partial charge in [-0.15, -0.1) is 0 Å². The number of hydrogen-bond donors (Lipinski definition) is 1. The molecule has 1 amide bonds. The van der Waals surface area contributed by atoms with Gasteiger partial charge in [-0.05, 0) is 105 Å². The molecule has 8 atom stereocenters. The van der Waals surface area contributed by atoms with E-state index in [-0.39, 0.29) is 17.6 Å². The Morgan fingerprint density at radius 2 is 1.54 bits per heavy atom. The van der Waals surface area contributed by atoms with Gasteiger partial charge < -0.3 is 29.0 Å². The van der Waals surface area contributed by atoms with Crippen molar-refractivity contribution in [2.45, 2.75) is 125 Å². The van der Waals surface area contributed by atoms with Crippen molar-refractivity contribution in [1.29, 1.82) is 0 Å². The van der Waals surface area contributed by atoms with Crippen LogP contribution in [0.15, 0.2) is 11.6 Å². The predicted molar refractivity (Wildman–Crippen MR) is 185 cm³/mol. The van der Waals surface area contributed by atoms with Crippen LogP contribution in [-0.2, 0) is 23.7 Å². The van der Waals surface area contributed by atoms with Gasteiger partial charge in [-0.1, -0.05) is 65.5 Å². The number of carbonyl (C=O) groups is 1. The molecular weight excluding hydrogens is 578 g/mol. The van der Waals surface area contributed by atoms with Crippen LogP contribution in [0.5, 0.6) is 0 Å². The van der Waals surface area contributed by atoms with Crippen molar-refractivity contribution in [3.63, 3.8) is 0 Å². The fourth-order valence-corrected chi connectivity index (χ4v) is 10.1. The second-order valence-electron chi connectivity index (χ2n) is 15.9. The van der Waals surface area contributed by atoms with Crippen LogP contribution in [-0.4, -0.2) is 71.6 Å². The number of allylic oxidation sites excluding steroid dienone is 1. The monoisotopic (exact) mass is 648 g/mol. The largest absolute Gasteiger partial charge is 0.446 e. The van der Waals surface area contributed by atoms with E-state index in [0.29, 0.717) is 64.8 Å². The summed E-state index contributed by atoms with van der Waals surface area (Å²) in [5, 5.41) is 2.94. The van der Waals surface area contributed by atoms with Gasteiger partial charge in [0, 0.05) is 26.2 Å². The molecule has 0 aromatic heterocycles. The minimum atomic E-state index is -0.288. The minimum Gasteiger partial charge on any atom is -0.446 e. The number of ether oxygens (including phenoxy) is 5. The van der Waals surface area contributed by atoms with Crippen molar-refractivity contribution >= 4 is 6.09 Å². The third kappa shape index (κ3) is 9.95. The second kappa shape index (κ2) is 18.6. The first kappa shape index (κ1) is 37.7. The highest BCUT2D eigenvalue weighted by Crippen LogP contribution is 2.67. The van der Waals surface area contributed by atoms with E-state index in [4.69, 9.17) is 23.7 Å². The lowest BCUT2D eigenvalue weighted by atomic mass is 9.47. The summed E-state index contributed by atoms with van der Waals surface area (Å²) in [5.41, 5.74) is 2.38. The Labute approximate surface area is 281 Å². The molecule has 7 nitrogen and oxygen atoms in total. The lowest BCUT2D eigenvalue weighted by Crippen LogP contribution is -2.51. The van der Waals surface area contributed by atoms with E-state index in [1.807, 2.05) is 6.92 Å². The molecule has 4 aliphatic rings. The van der Waals surface area contributed by atoms with E-state index in [1.54, 1.807) is 5.57 Å². The average molecular weight is 648 g/mol. The fraction of sp³-hybridized carbons (Fsp3) is 0.923. The first-order valence-corrected chi connectivity index (χ1v) is 19.1. The Morgan fingerprint density at radius 3 is 2.24 bits per heavy atom. The van der Waals surface area contributed by atoms with Gasteiger partial charge in [-0.3, -0.25) is 0 Å². The summed E-state index contributed by atoms with van der Waals surface area (Å²) in [5.74, 6) is 5.08. The molecule has 4 rings (SSSR count). The SMILES string of the molecule is CCOCCOCCOCCOCCCNC(=O)O[C@H]1CC[C@@]2(C)C(=CCC3C2CC[C@@]2(C)C3CC[C@@H]2[C@H](C)CCCC(C)C)C1. The van der Waals surface area contributed by atoms with Crippen molar-refractivity contribution in [3.05, 3.63) is 11.6 Å². The zero-order valence-corrected chi connectivity index (χ0v) is 30.4. The van der Waals surface area contributed by atoms with Crippen LogP contribution in [0.4, 0.5) is 4.79 Å². The highest BCUT2D eigenvalue weighted by Gasteiger charge is 2.59. The van der Waals surface area contributed by atoms with E-state index in [2.05, 4.69) is 46.0 Å². The molecule has 3 fully saturated rings. The van der Waals surface area contributed by atoms with E-state index in [0.717, 1.165) is 61.2 Å². The van der Waals surface area contributed by atoms with Crippen molar-refractivity contribution in [2.75, 3.05) is 59.4 Å². The first-order chi connectivity index (χ1) is 22.2. The zero-order chi connectivity index (χ0) is 33.0. The lowest BCUT2D eigenvalue weighted by Gasteiger charge is -2.58. The van der Waals surface area contributed by atoms with E-state index in [1.165, 1.54) is 51.4 Å². The van der Waals surface area contributed by atoms with Crippen LogP contribution in [0.25, 0.3) is 0 Å². The van der Waals surface area contributed by atoms with Crippen LogP contribution in [0.1, 0.15) is 119 Å². The Kier molecular flexibility index (Phi) is 15.2. The number of rotatable bonds is 20. The number of fused-ring (bicyclic) bond motifs is 5. The van der Waals surface area contributed by atoms with Crippen LogP contribution in [0.3, 0.4) is 0 Å². The van der Waals surface area contributed by atoms with Gasteiger partial charge in [-0.2, -0.15) is 0 Å². The van der Waals surface area contributed by atoms with E-state index in [9.17, 15) is 4.79 Å². The molecule has 1 N–H and O–H groups in total. The molecule has 3 saturated carbocycles. The standard InChI is InChI=1S/C39H69NO6/c1-7-42-22-23-44-26-27-45-25-24-43-21-9-20-40-37(41)46-32-16-18-38(5)31(28-32)12-13-33-35-15-14-34(30(4)11-8-10-29(2)3)39(35,6)19-17-36(33)38/h12,29-30,32-36H,7-11,13-28H2,1-6H3,(H,40,41)/t30-,32+,33?,34-,35?,36?,38+,39-/m1/s1. The minimum absolute atomic E-state index is 0.0103. The molecule has 0 radical (unpaired) electrons. The lowest BCUT2D eigenvalue weighted by molar-refractivity contribution is -0.0581. The fourth-order valence-electron chi connectivity index (χ4n) is 10.1. The maximum absolute atomic E-state index is 12.6. The highest BCUT2D eigenvalue weighted by molar-refractivity contribution is 5.67. The van der Waals surface area contributed by atoms with Gasteiger partial charge >= 0.3 is 6.09 Å². The molecule has 4 aliphatic carbocycles. The summed E-state index contributed by atoms with van der Waals surface area (Å²) in [4.78, 5) is 12.6. The van der Waals surface area contributed by atoms with Gasteiger partial charge in [0.1, 0.15) is 6.10 Å². The topological polar surface area (TPSA) is 75.3 Å². The smallest absolute Gasteiger partial charge is 0.407 e.